The van der Waals surface area contributed by atoms with Crippen LogP contribution >= 0.6 is 0 Å². The van der Waals surface area contributed by atoms with Crippen LogP contribution in [0.1, 0.15) is 59.2 Å². The van der Waals surface area contributed by atoms with Crippen molar-refractivity contribution >= 4 is 52.3 Å². The molecule has 0 bridgehead atoms. The number of fused-ring (bicyclic) bond motifs is 1. The van der Waals surface area contributed by atoms with Crippen LogP contribution in [0.2, 0.25) is 0 Å². The van der Waals surface area contributed by atoms with Gasteiger partial charge in [-0.1, -0.05) is 12.5 Å². The van der Waals surface area contributed by atoms with Gasteiger partial charge in [-0.25, -0.2) is 0 Å². The summed E-state index contributed by atoms with van der Waals surface area (Å²) >= 11 is 0. The van der Waals surface area contributed by atoms with E-state index in [4.69, 9.17) is 61.6 Å². The smallest absolute Gasteiger partial charge is 0.299 e. The van der Waals surface area contributed by atoms with Crippen LogP contribution < -0.4 is 16.0 Å². The van der Waals surface area contributed by atoms with Gasteiger partial charge in [0, 0.05) is 32.1 Å². The number of rotatable bonds is 50. The van der Waals surface area contributed by atoms with E-state index in [0.29, 0.717) is 172 Å². The second kappa shape index (κ2) is 41.3. The van der Waals surface area contributed by atoms with Gasteiger partial charge in [0.25, 0.3) is 23.2 Å². The number of nitrogens with zero attached hydrogens (tertiary/aromatic N) is 3. The van der Waals surface area contributed by atoms with Crippen LogP contribution in [-0.4, -0.2) is 229 Å². The van der Waals surface area contributed by atoms with Gasteiger partial charge in [-0.3, -0.25) is 54.4 Å². The number of piperidine rings is 1. The molecule has 0 saturated carbocycles. The summed E-state index contributed by atoms with van der Waals surface area (Å²) in [5, 5.41) is 29.8. The highest BCUT2D eigenvalue weighted by molar-refractivity contribution is 6.26. The van der Waals surface area contributed by atoms with Crippen molar-refractivity contribution in [1.82, 2.24) is 10.2 Å². The van der Waals surface area contributed by atoms with Crippen LogP contribution in [0, 0.1) is 20.2 Å². The fourth-order valence-corrected chi connectivity index (χ4v) is 7.43. The van der Waals surface area contributed by atoms with Crippen molar-refractivity contribution in [2.45, 2.75) is 44.6 Å². The van der Waals surface area contributed by atoms with Gasteiger partial charge in [0.1, 0.15) is 11.7 Å². The predicted molar refractivity (Wildman–Crippen MR) is 279 cm³/mol. The molecule has 2 aliphatic rings. The maximum Gasteiger partial charge on any atom is 0.299 e. The van der Waals surface area contributed by atoms with Gasteiger partial charge in [-0.15, -0.1) is 0 Å². The Morgan fingerprint density at radius 1 is 0.532 bits per heavy atom. The molecular formula is C51H76N6O22. The highest BCUT2D eigenvalue weighted by Crippen LogP contribution is 2.33. The van der Waals surface area contributed by atoms with Crippen molar-refractivity contribution in [1.29, 1.82) is 0 Å². The Hall–Kier alpha value is -5.73. The highest BCUT2D eigenvalue weighted by Gasteiger charge is 2.45. The van der Waals surface area contributed by atoms with Gasteiger partial charge in [0.05, 0.1) is 198 Å². The molecule has 0 aromatic heterocycles. The lowest BCUT2D eigenvalue weighted by Crippen LogP contribution is -2.54. The van der Waals surface area contributed by atoms with Crippen LogP contribution in [0.4, 0.5) is 22.7 Å². The molecule has 28 nitrogen and oxygen atoms in total. The average Bonchev–Trinajstić information content (AvgIpc) is 3.82. The molecule has 1 fully saturated rings. The van der Waals surface area contributed by atoms with Crippen LogP contribution in [0.15, 0.2) is 36.4 Å². The third-order valence-electron chi connectivity index (χ3n) is 11.3. The van der Waals surface area contributed by atoms with Crippen LogP contribution in [-0.2, 0) is 76.0 Å². The number of anilines is 2. The lowest BCUT2D eigenvalue weighted by atomic mass is 10.0. The number of nitro benzene ring substituents is 2. The lowest BCUT2D eigenvalue weighted by Gasteiger charge is -2.27. The van der Waals surface area contributed by atoms with Gasteiger partial charge in [-0.05, 0) is 37.5 Å². The fraction of sp³-hybridized carbons (Fsp3) is 0.667. The van der Waals surface area contributed by atoms with Gasteiger partial charge in [0.15, 0.2) is 0 Å². The van der Waals surface area contributed by atoms with Crippen molar-refractivity contribution in [2.24, 2.45) is 0 Å². The summed E-state index contributed by atoms with van der Waals surface area (Å²) in [6.45, 7) is 11.2. The van der Waals surface area contributed by atoms with E-state index in [1.54, 1.807) is 12.1 Å². The Morgan fingerprint density at radius 3 is 1.41 bits per heavy atom. The van der Waals surface area contributed by atoms with E-state index in [-0.39, 0.29) is 72.2 Å². The number of non-ortho nitro benzene ring substituents is 1. The summed E-state index contributed by atoms with van der Waals surface area (Å²) < 4.78 is 71.5. The minimum atomic E-state index is -1.08. The quantitative estimate of drug-likeness (QED) is 0.0371. The van der Waals surface area contributed by atoms with Crippen LogP contribution in [0.5, 0.6) is 0 Å². The summed E-state index contributed by atoms with van der Waals surface area (Å²) in [5.41, 5.74) is -0.206. The third kappa shape index (κ3) is 27.3. The number of benzene rings is 2. The summed E-state index contributed by atoms with van der Waals surface area (Å²) in [7, 11) is 0. The summed E-state index contributed by atoms with van der Waals surface area (Å²) in [5.74, 6) is -2.76. The van der Waals surface area contributed by atoms with E-state index in [0.717, 1.165) is 23.8 Å². The summed E-state index contributed by atoms with van der Waals surface area (Å²) in [6, 6.07) is 6.90. The first-order valence-corrected chi connectivity index (χ1v) is 26.4. The standard InChI is InChI=1S/C51H76N6O22/c58-46(53-43-6-4-5-41-48(43)51(62)55(50(41)61)44-10-11-47(59)54-49(44)60)7-2-1-3-13-67-15-17-69-19-21-71-23-25-73-27-29-75-31-33-77-35-37-79-38-36-78-34-32-76-30-28-74-26-24-72-22-20-70-18-16-68-14-12-52-42-9-8-40(56(63)64)39-45(42)57(65)66/h4-6,8-9,39,44,52H,1-3,7,10-38H2,(H,53,58)(H,54,59,60). The van der Waals surface area contributed by atoms with E-state index < -0.39 is 39.5 Å². The number of carbonyl (C=O) groups excluding carboxylic acids is 5. The SMILES string of the molecule is O=C1CCC(N2C(=O)c3cccc(NC(=O)CCCCCOCCOCCOCCOCCOCCOCCOCCOCCOCCOCCOCCOCCOCCNc4ccc([N+](=O)[O-])cc4[N+](=O)[O-])c3C2=O)C(=O)N1. The molecule has 2 aromatic carbocycles. The molecule has 79 heavy (non-hydrogen) atoms. The number of nitrogens with one attached hydrogen (secondary N) is 3. The second-order valence-electron chi connectivity index (χ2n) is 17.1. The van der Waals surface area contributed by atoms with E-state index in [1.807, 2.05) is 0 Å². The van der Waals surface area contributed by atoms with E-state index in [1.165, 1.54) is 18.2 Å². The van der Waals surface area contributed by atoms with Crippen molar-refractivity contribution < 1.29 is 95.4 Å². The zero-order valence-corrected chi connectivity index (χ0v) is 44.7. The Balaban J connectivity index is 0.772. The molecule has 5 amide bonds. The molecule has 1 atom stereocenters. The number of unbranched alkanes of at least 4 members (excludes halogenated alkanes) is 2. The maximum absolute atomic E-state index is 13.2. The topological polar surface area (TPSA) is 331 Å². The Kier molecular flexibility index (Phi) is 34.4. The molecule has 3 N–H and O–H groups in total. The second-order valence-corrected chi connectivity index (χ2v) is 17.1. The van der Waals surface area contributed by atoms with Crippen molar-refractivity contribution in [2.75, 3.05) is 189 Å². The first-order chi connectivity index (χ1) is 38.6. The number of amides is 5. The Labute approximate surface area is 458 Å². The summed E-state index contributed by atoms with van der Waals surface area (Å²) in [4.78, 5) is 84.4. The van der Waals surface area contributed by atoms with Gasteiger partial charge in [0.2, 0.25) is 17.7 Å². The fourth-order valence-electron chi connectivity index (χ4n) is 7.43. The molecule has 1 unspecified atom stereocenters. The first kappa shape index (κ1) is 65.8. The zero-order valence-electron chi connectivity index (χ0n) is 44.7. The number of hydrogen-bond acceptors (Lipinski definition) is 23. The Bertz CT molecular complexity index is 2140. The molecule has 1 saturated heterocycles. The number of imide groups is 2. The zero-order chi connectivity index (χ0) is 56.6. The number of ether oxygens (including phenoxy) is 13. The molecule has 2 aliphatic heterocycles. The molecule has 28 heteroatoms. The van der Waals surface area contributed by atoms with E-state index in [9.17, 15) is 44.2 Å². The molecule has 0 aliphatic carbocycles. The number of hydrogen-bond donors (Lipinski definition) is 3. The number of carbonyl (C=O) groups is 5. The molecule has 442 valence electrons. The van der Waals surface area contributed by atoms with Crippen LogP contribution in [0.3, 0.4) is 0 Å². The first-order valence-electron chi connectivity index (χ1n) is 26.4. The number of nitro groups is 2. The van der Waals surface area contributed by atoms with E-state index in [2.05, 4.69) is 16.0 Å². The predicted octanol–water partition coefficient (Wildman–Crippen LogP) is 2.73. The maximum atomic E-state index is 13.2. The normalized spacial score (nSPS) is 14.2. The van der Waals surface area contributed by atoms with Crippen molar-refractivity contribution in [3.8, 4) is 0 Å². The summed E-state index contributed by atoms with van der Waals surface area (Å²) in [6.07, 6.45) is 2.37. The van der Waals surface area contributed by atoms with Gasteiger partial charge in [-0.2, -0.15) is 0 Å². The molecule has 2 aromatic rings. The lowest BCUT2D eigenvalue weighted by molar-refractivity contribution is -0.393. The third-order valence-corrected chi connectivity index (χ3v) is 11.3. The Morgan fingerprint density at radius 2 is 0.975 bits per heavy atom. The minimum Gasteiger partial charge on any atom is -0.379 e. The molecular weight excluding hydrogens is 1050 g/mol. The molecule has 0 spiro atoms. The van der Waals surface area contributed by atoms with Gasteiger partial charge >= 0.3 is 0 Å². The minimum absolute atomic E-state index is 0.0188. The van der Waals surface area contributed by atoms with Crippen LogP contribution in [0.25, 0.3) is 0 Å². The average molecular weight is 1130 g/mol. The molecule has 4 rings (SSSR count). The van der Waals surface area contributed by atoms with Crippen molar-refractivity contribution in [3.05, 3.63) is 67.8 Å². The monoisotopic (exact) mass is 1120 g/mol. The van der Waals surface area contributed by atoms with Crippen molar-refractivity contribution in [3.63, 3.8) is 0 Å². The largest absolute Gasteiger partial charge is 0.379 e. The molecule has 2 heterocycles. The molecule has 0 radical (unpaired) electrons. The van der Waals surface area contributed by atoms with Gasteiger partial charge < -0.3 is 72.2 Å². The highest BCUT2D eigenvalue weighted by atomic mass is 16.6. The van der Waals surface area contributed by atoms with E-state index >= 15 is 0 Å².